The summed E-state index contributed by atoms with van der Waals surface area (Å²) in [6.07, 6.45) is 1.80. The van der Waals surface area contributed by atoms with Gasteiger partial charge in [0.1, 0.15) is 0 Å². The van der Waals surface area contributed by atoms with Crippen molar-refractivity contribution in [3.05, 3.63) is 108 Å². The fourth-order valence-corrected chi connectivity index (χ4v) is 3.55. The third kappa shape index (κ3) is 5.08. The van der Waals surface area contributed by atoms with Crippen molar-refractivity contribution in [3.63, 3.8) is 0 Å². The molecule has 4 aromatic rings. The molecule has 0 radical (unpaired) electrons. The summed E-state index contributed by atoms with van der Waals surface area (Å²) < 4.78 is 1.71. The first-order chi connectivity index (χ1) is 15.1. The zero-order chi connectivity index (χ0) is 21.6. The van der Waals surface area contributed by atoms with E-state index in [1.165, 1.54) is 5.56 Å². The molecule has 0 unspecified atom stereocenters. The summed E-state index contributed by atoms with van der Waals surface area (Å²) in [4.78, 5) is 14.8. The van der Waals surface area contributed by atoms with Crippen molar-refractivity contribution in [2.45, 2.75) is 13.1 Å². The number of amides is 1. The molecule has 1 N–H and O–H groups in total. The van der Waals surface area contributed by atoms with Crippen molar-refractivity contribution in [1.82, 2.24) is 20.0 Å². The van der Waals surface area contributed by atoms with Crippen molar-refractivity contribution in [1.29, 1.82) is 0 Å². The predicted octanol–water partition coefficient (Wildman–Crippen LogP) is 4.53. The average Bonchev–Trinajstić information content (AvgIpc) is 3.29. The van der Waals surface area contributed by atoms with Gasteiger partial charge < -0.3 is 10.2 Å². The number of hydrogen-bond donors (Lipinski definition) is 1. The molecular weight excluding hydrogens is 384 g/mol. The molecule has 0 spiro atoms. The highest BCUT2D eigenvalue weighted by atomic mass is 16.1. The highest BCUT2D eigenvalue weighted by Crippen LogP contribution is 2.24. The maximum atomic E-state index is 12.7. The van der Waals surface area contributed by atoms with E-state index in [2.05, 4.69) is 59.7 Å². The van der Waals surface area contributed by atoms with Crippen LogP contribution in [0.2, 0.25) is 0 Å². The average molecular weight is 411 g/mol. The molecule has 1 amide bonds. The summed E-state index contributed by atoms with van der Waals surface area (Å²) in [7, 11) is 4.13. The highest BCUT2D eigenvalue weighted by Gasteiger charge is 2.12. The lowest BCUT2D eigenvalue weighted by Crippen LogP contribution is -2.23. The van der Waals surface area contributed by atoms with Crippen LogP contribution in [0.3, 0.4) is 0 Å². The van der Waals surface area contributed by atoms with Crippen LogP contribution in [0.4, 0.5) is 0 Å². The maximum Gasteiger partial charge on any atom is 0.272 e. The number of nitrogens with zero attached hydrogens (tertiary/aromatic N) is 3. The molecule has 0 saturated heterocycles. The first kappa shape index (κ1) is 20.6. The molecular formula is C26H26N4O. The molecule has 0 atom stereocenters. The molecule has 31 heavy (non-hydrogen) atoms. The quantitative estimate of drug-likeness (QED) is 0.487. The van der Waals surface area contributed by atoms with Gasteiger partial charge in [0.05, 0.1) is 5.69 Å². The van der Waals surface area contributed by atoms with Crippen LogP contribution in [0, 0.1) is 0 Å². The van der Waals surface area contributed by atoms with Gasteiger partial charge in [0.25, 0.3) is 5.91 Å². The van der Waals surface area contributed by atoms with Gasteiger partial charge in [-0.3, -0.25) is 4.79 Å². The topological polar surface area (TPSA) is 50.2 Å². The largest absolute Gasteiger partial charge is 0.347 e. The summed E-state index contributed by atoms with van der Waals surface area (Å²) >= 11 is 0. The third-order valence-corrected chi connectivity index (χ3v) is 5.06. The van der Waals surface area contributed by atoms with Gasteiger partial charge in [-0.05, 0) is 54.5 Å². The van der Waals surface area contributed by atoms with E-state index in [0.29, 0.717) is 12.2 Å². The SMILES string of the molecule is CN(C)Cc1ccc(-c2ccccc2CNC(=O)c2ccn(-c3ccccc3)n2)cc1. The number of rotatable bonds is 7. The molecule has 0 saturated carbocycles. The number of carbonyl (C=O) groups is 1. The Labute approximate surface area is 183 Å². The van der Waals surface area contributed by atoms with E-state index in [1.807, 2.05) is 48.5 Å². The minimum Gasteiger partial charge on any atom is -0.347 e. The zero-order valence-corrected chi connectivity index (χ0v) is 17.8. The molecule has 1 heterocycles. The van der Waals surface area contributed by atoms with Crippen LogP contribution in [0.5, 0.6) is 0 Å². The van der Waals surface area contributed by atoms with Gasteiger partial charge in [-0.2, -0.15) is 5.10 Å². The summed E-state index contributed by atoms with van der Waals surface area (Å²) in [6.45, 7) is 1.35. The van der Waals surface area contributed by atoms with Gasteiger partial charge in [0.15, 0.2) is 5.69 Å². The lowest BCUT2D eigenvalue weighted by molar-refractivity contribution is 0.0945. The summed E-state index contributed by atoms with van der Waals surface area (Å²) in [5.41, 5.74) is 5.92. The number of benzene rings is 3. The van der Waals surface area contributed by atoms with Gasteiger partial charge in [0, 0.05) is 19.3 Å². The summed E-state index contributed by atoms with van der Waals surface area (Å²) in [6, 6.07) is 28.2. The second-order valence-electron chi connectivity index (χ2n) is 7.76. The standard InChI is InChI=1S/C26H26N4O/c1-29(2)19-20-12-14-21(15-13-20)24-11-7-6-8-22(24)18-27-26(31)25-16-17-30(28-25)23-9-4-3-5-10-23/h3-17H,18-19H2,1-2H3,(H,27,31). The molecule has 4 rings (SSSR count). The lowest BCUT2D eigenvalue weighted by atomic mass is 9.98. The van der Waals surface area contributed by atoms with Crippen molar-refractivity contribution in [2.75, 3.05) is 14.1 Å². The fourth-order valence-electron chi connectivity index (χ4n) is 3.55. The van der Waals surface area contributed by atoms with Gasteiger partial charge in [-0.25, -0.2) is 4.68 Å². The van der Waals surface area contributed by atoms with E-state index in [0.717, 1.165) is 28.9 Å². The lowest BCUT2D eigenvalue weighted by Gasteiger charge is -2.13. The molecule has 3 aromatic carbocycles. The zero-order valence-electron chi connectivity index (χ0n) is 17.8. The predicted molar refractivity (Wildman–Crippen MR) is 124 cm³/mol. The smallest absolute Gasteiger partial charge is 0.272 e. The molecule has 0 bridgehead atoms. The first-order valence-corrected chi connectivity index (χ1v) is 10.3. The Kier molecular flexibility index (Phi) is 6.24. The monoisotopic (exact) mass is 410 g/mol. The van der Waals surface area contributed by atoms with E-state index in [9.17, 15) is 4.79 Å². The number of aromatic nitrogens is 2. The fraction of sp³-hybridized carbons (Fsp3) is 0.154. The first-order valence-electron chi connectivity index (χ1n) is 10.3. The van der Waals surface area contributed by atoms with E-state index in [4.69, 9.17) is 0 Å². The Hall–Kier alpha value is -3.70. The van der Waals surface area contributed by atoms with E-state index in [-0.39, 0.29) is 5.91 Å². The van der Waals surface area contributed by atoms with Crippen molar-refractivity contribution >= 4 is 5.91 Å². The molecule has 0 fully saturated rings. The number of para-hydroxylation sites is 1. The number of nitrogens with one attached hydrogen (secondary N) is 1. The van der Waals surface area contributed by atoms with Crippen LogP contribution in [0.1, 0.15) is 21.6 Å². The second-order valence-corrected chi connectivity index (χ2v) is 7.76. The van der Waals surface area contributed by atoms with Gasteiger partial charge in [-0.1, -0.05) is 66.7 Å². The second kappa shape index (κ2) is 9.41. The molecule has 1 aromatic heterocycles. The van der Waals surface area contributed by atoms with E-state index >= 15 is 0 Å². The van der Waals surface area contributed by atoms with Crippen molar-refractivity contribution in [3.8, 4) is 16.8 Å². The summed E-state index contributed by atoms with van der Waals surface area (Å²) in [5.74, 6) is -0.189. The van der Waals surface area contributed by atoms with Crippen molar-refractivity contribution in [2.24, 2.45) is 0 Å². The molecule has 0 aliphatic carbocycles. The summed E-state index contributed by atoms with van der Waals surface area (Å²) in [5, 5.41) is 7.41. The van der Waals surface area contributed by atoms with E-state index < -0.39 is 0 Å². The Balaban J connectivity index is 1.46. The minimum atomic E-state index is -0.189. The van der Waals surface area contributed by atoms with Crippen LogP contribution in [0.15, 0.2) is 91.1 Å². The molecule has 0 aliphatic heterocycles. The number of hydrogen-bond acceptors (Lipinski definition) is 3. The van der Waals surface area contributed by atoms with Gasteiger partial charge in [0.2, 0.25) is 0 Å². The Morgan fingerprint density at radius 3 is 2.35 bits per heavy atom. The van der Waals surface area contributed by atoms with Crippen LogP contribution in [0.25, 0.3) is 16.8 Å². The van der Waals surface area contributed by atoms with Crippen LogP contribution >= 0.6 is 0 Å². The third-order valence-electron chi connectivity index (χ3n) is 5.06. The molecule has 5 nitrogen and oxygen atoms in total. The van der Waals surface area contributed by atoms with Crippen LogP contribution in [-0.2, 0) is 13.1 Å². The van der Waals surface area contributed by atoms with Crippen LogP contribution in [-0.4, -0.2) is 34.7 Å². The Morgan fingerprint density at radius 2 is 1.61 bits per heavy atom. The van der Waals surface area contributed by atoms with E-state index in [1.54, 1.807) is 16.9 Å². The van der Waals surface area contributed by atoms with Gasteiger partial charge >= 0.3 is 0 Å². The molecule has 0 aliphatic rings. The Bertz CT molecular complexity index is 1150. The molecule has 156 valence electrons. The minimum absolute atomic E-state index is 0.189. The van der Waals surface area contributed by atoms with Crippen LogP contribution < -0.4 is 5.32 Å². The number of carbonyl (C=O) groups excluding carboxylic acids is 1. The Morgan fingerprint density at radius 1 is 0.903 bits per heavy atom. The van der Waals surface area contributed by atoms with Crippen molar-refractivity contribution < 1.29 is 4.79 Å². The maximum absolute atomic E-state index is 12.7. The molecule has 5 heteroatoms. The normalized spacial score (nSPS) is 10.9. The highest BCUT2D eigenvalue weighted by molar-refractivity contribution is 5.92. The van der Waals surface area contributed by atoms with Gasteiger partial charge in [-0.15, -0.1) is 0 Å².